The summed E-state index contributed by atoms with van der Waals surface area (Å²) >= 11 is 11.1. The van der Waals surface area contributed by atoms with E-state index in [9.17, 15) is 13.6 Å². The van der Waals surface area contributed by atoms with E-state index in [-0.39, 0.29) is 28.3 Å². The number of nitrogens with zero attached hydrogens (tertiary/aromatic N) is 1. The molecule has 1 aromatic heterocycles. The van der Waals surface area contributed by atoms with Gasteiger partial charge in [0.05, 0.1) is 17.3 Å². The highest BCUT2D eigenvalue weighted by Crippen LogP contribution is 2.36. The summed E-state index contributed by atoms with van der Waals surface area (Å²) in [5, 5.41) is 2.80. The van der Waals surface area contributed by atoms with Gasteiger partial charge < -0.3 is 14.9 Å². The largest absolute Gasteiger partial charge is 0.350 e. The first-order valence-corrected chi connectivity index (χ1v) is 8.96. The predicted molar refractivity (Wildman–Crippen MR) is 92.0 cm³/mol. The normalized spacial score (nSPS) is 19.1. The number of aromatic nitrogens is 2. The van der Waals surface area contributed by atoms with Crippen LogP contribution in [0.15, 0.2) is 12.1 Å². The molecule has 132 valence electrons. The second-order valence-corrected chi connectivity index (χ2v) is 7.41. The van der Waals surface area contributed by atoms with Crippen molar-refractivity contribution in [2.24, 2.45) is 5.92 Å². The lowest BCUT2D eigenvalue weighted by Gasteiger charge is -2.13. The van der Waals surface area contributed by atoms with E-state index in [1.807, 2.05) is 4.57 Å². The molecule has 1 fully saturated rings. The molecule has 8 heteroatoms. The molecule has 0 unspecified atom stereocenters. The highest BCUT2D eigenvalue weighted by atomic mass is 35.5. The molecule has 0 saturated heterocycles. The maximum Gasteiger partial charge on any atom is 0.223 e. The van der Waals surface area contributed by atoms with Crippen molar-refractivity contribution >= 4 is 29.7 Å². The topological polar surface area (TPSA) is 49.8 Å². The van der Waals surface area contributed by atoms with Gasteiger partial charge in [0.2, 0.25) is 5.91 Å². The maximum absolute atomic E-state index is 14.3. The summed E-state index contributed by atoms with van der Waals surface area (Å²) < 4.78 is 30.8. The van der Waals surface area contributed by atoms with Crippen LogP contribution in [0, 0.1) is 22.3 Å². The van der Waals surface area contributed by atoms with E-state index in [2.05, 4.69) is 10.3 Å². The number of carbonyl (C=O) groups is 1. The monoisotopic (exact) mass is 383 g/mol. The van der Waals surface area contributed by atoms with Gasteiger partial charge in [-0.2, -0.15) is 0 Å². The Morgan fingerprint density at radius 1 is 1.40 bits per heavy atom. The SMILES string of the molecule is O=C(NCc1[nH]c(=S)n2c1C[C@@H](c1c(F)ccc(Cl)c1F)C2)C1CC1. The minimum atomic E-state index is -0.712. The number of aromatic amines is 1. The zero-order valence-corrected chi connectivity index (χ0v) is 14.8. The molecular formula is C17H16ClF2N3OS. The minimum absolute atomic E-state index is 0.00133. The summed E-state index contributed by atoms with van der Waals surface area (Å²) in [6, 6.07) is 2.40. The number of hydrogen-bond donors (Lipinski definition) is 2. The van der Waals surface area contributed by atoms with E-state index < -0.39 is 11.6 Å². The average molecular weight is 384 g/mol. The van der Waals surface area contributed by atoms with Crippen LogP contribution < -0.4 is 5.32 Å². The Kier molecular flexibility index (Phi) is 4.16. The number of halogens is 3. The molecule has 4 rings (SSSR count). The van der Waals surface area contributed by atoms with E-state index in [1.165, 1.54) is 12.1 Å². The first-order chi connectivity index (χ1) is 12.0. The Hall–Kier alpha value is -1.73. The van der Waals surface area contributed by atoms with E-state index >= 15 is 0 Å². The quantitative estimate of drug-likeness (QED) is 0.622. The van der Waals surface area contributed by atoms with Crippen molar-refractivity contribution < 1.29 is 13.6 Å². The molecule has 0 radical (unpaired) electrons. The number of hydrogen-bond acceptors (Lipinski definition) is 2. The van der Waals surface area contributed by atoms with Gasteiger partial charge in [-0.15, -0.1) is 0 Å². The van der Waals surface area contributed by atoms with Crippen molar-refractivity contribution in [1.29, 1.82) is 0 Å². The van der Waals surface area contributed by atoms with Gasteiger partial charge in [0.15, 0.2) is 4.77 Å². The molecule has 0 spiro atoms. The lowest BCUT2D eigenvalue weighted by molar-refractivity contribution is -0.122. The molecule has 1 saturated carbocycles. The Labute approximate surface area is 153 Å². The molecule has 2 heterocycles. The van der Waals surface area contributed by atoms with E-state index in [0.29, 0.717) is 24.3 Å². The van der Waals surface area contributed by atoms with Gasteiger partial charge in [-0.25, -0.2) is 8.78 Å². The second kappa shape index (κ2) is 6.21. The van der Waals surface area contributed by atoms with Gasteiger partial charge in [0, 0.05) is 29.6 Å². The van der Waals surface area contributed by atoms with Crippen molar-refractivity contribution in [3.8, 4) is 0 Å². The van der Waals surface area contributed by atoms with Crippen molar-refractivity contribution in [3.05, 3.63) is 50.5 Å². The van der Waals surface area contributed by atoms with Crippen molar-refractivity contribution in [2.75, 3.05) is 0 Å². The summed E-state index contributed by atoms with van der Waals surface area (Å²) in [6.45, 7) is 0.726. The third-order valence-electron chi connectivity index (χ3n) is 4.90. The van der Waals surface area contributed by atoms with Crippen LogP contribution >= 0.6 is 23.8 Å². The smallest absolute Gasteiger partial charge is 0.223 e. The lowest BCUT2D eigenvalue weighted by atomic mass is 9.95. The van der Waals surface area contributed by atoms with Gasteiger partial charge in [-0.3, -0.25) is 4.79 Å². The number of fused-ring (bicyclic) bond motifs is 1. The van der Waals surface area contributed by atoms with Crippen LogP contribution in [0.1, 0.15) is 35.7 Å². The zero-order chi connectivity index (χ0) is 17.7. The molecule has 2 N–H and O–H groups in total. The van der Waals surface area contributed by atoms with Gasteiger partial charge in [0.1, 0.15) is 11.6 Å². The summed E-state index contributed by atoms with van der Waals surface area (Å²) in [5.74, 6) is -1.52. The summed E-state index contributed by atoms with van der Waals surface area (Å²) in [6.07, 6.45) is 2.31. The van der Waals surface area contributed by atoms with Crippen LogP contribution in [-0.4, -0.2) is 15.5 Å². The lowest BCUT2D eigenvalue weighted by Crippen LogP contribution is -2.24. The van der Waals surface area contributed by atoms with Crippen LogP contribution in [0.3, 0.4) is 0 Å². The van der Waals surface area contributed by atoms with Gasteiger partial charge in [0.25, 0.3) is 0 Å². The predicted octanol–water partition coefficient (Wildman–Crippen LogP) is 3.84. The second-order valence-electron chi connectivity index (χ2n) is 6.62. The third kappa shape index (κ3) is 3.00. The summed E-state index contributed by atoms with van der Waals surface area (Å²) in [4.78, 5) is 14.9. The maximum atomic E-state index is 14.3. The van der Waals surface area contributed by atoms with E-state index in [1.54, 1.807) is 0 Å². The molecule has 0 bridgehead atoms. The molecule has 4 nitrogen and oxygen atoms in total. The van der Waals surface area contributed by atoms with E-state index in [4.69, 9.17) is 23.8 Å². The van der Waals surface area contributed by atoms with Crippen LogP contribution in [0.4, 0.5) is 8.78 Å². The molecule has 1 amide bonds. The van der Waals surface area contributed by atoms with Crippen molar-refractivity contribution in [2.45, 2.75) is 38.3 Å². The number of H-pyrrole nitrogens is 1. The first-order valence-electron chi connectivity index (χ1n) is 8.17. The molecule has 25 heavy (non-hydrogen) atoms. The molecular weight excluding hydrogens is 368 g/mol. The molecule has 2 aromatic rings. The molecule has 1 atom stereocenters. The molecule has 1 aromatic carbocycles. The first kappa shape index (κ1) is 16.7. The van der Waals surface area contributed by atoms with Crippen LogP contribution in [0.25, 0.3) is 0 Å². The van der Waals surface area contributed by atoms with Crippen molar-refractivity contribution in [3.63, 3.8) is 0 Å². The van der Waals surface area contributed by atoms with E-state index in [0.717, 1.165) is 24.2 Å². The van der Waals surface area contributed by atoms with Gasteiger partial charge in [-0.05, 0) is 43.6 Å². The van der Waals surface area contributed by atoms with Crippen LogP contribution in [0.2, 0.25) is 5.02 Å². The van der Waals surface area contributed by atoms with Crippen LogP contribution in [-0.2, 0) is 24.3 Å². The standard InChI is InChI=1S/C17H16ClF2N3OS/c18-10-3-4-11(19)14(15(10)20)9-5-13-12(22-17(25)23(13)7-9)6-21-16(24)8-1-2-8/h3-4,8-9H,1-2,5-7H2,(H,21,24)(H,22,25)/t9-/m1/s1. The number of carbonyl (C=O) groups excluding carboxylic acids is 1. The fourth-order valence-electron chi connectivity index (χ4n) is 3.42. The fourth-order valence-corrected chi connectivity index (χ4v) is 3.89. The van der Waals surface area contributed by atoms with Gasteiger partial charge >= 0.3 is 0 Å². The van der Waals surface area contributed by atoms with Crippen molar-refractivity contribution in [1.82, 2.24) is 14.9 Å². The number of benzene rings is 1. The highest BCUT2D eigenvalue weighted by molar-refractivity contribution is 7.71. The Morgan fingerprint density at radius 2 is 2.16 bits per heavy atom. The summed E-state index contributed by atoms with van der Waals surface area (Å²) in [7, 11) is 0. The Bertz CT molecular complexity index is 919. The number of rotatable bonds is 4. The fraction of sp³-hybridized carbons (Fsp3) is 0.412. The third-order valence-corrected chi connectivity index (χ3v) is 5.51. The highest BCUT2D eigenvalue weighted by Gasteiger charge is 2.33. The van der Waals surface area contributed by atoms with Gasteiger partial charge in [-0.1, -0.05) is 11.6 Å². The number of nitrogens with one attached hydrogen (secondary N) is 2. The molecule has 1 aliphatic heterocycles. The Morgan fingerprint density at radius 3 is 2.88 bits per heavy atom. The summed E-state index contributed by atoms with van der Waals surface area (Å²) in [5.41, 5.74) is 1.67. The number of imidazole rings is 1. The number of amides is 1. The average Bonchev–Trinajstić information content (AvgIpc) is 3.28. The minimum Gasteiger partial charge on any atom is -0.350 e. The molecule has 2 aliphatic rings. The molecule has 1 aliphatic carbocycles. The van der Waals surface area contributed by atoms with Crippen LogP contribution in [0.5, 0.6) is 0 Å². The Balaban J connectivity index is 1.58. The zero-order valence-electron chi connectivity index (χ0n) is 13.2.